The highest BCUT2D eigenvalue weighted by Gasteiger charge is 2.22. The van der Waals surface area contributed by atoms with Gasteiger partial charge in [0.1, 0.15) is 17.3 Å². The predicted octanol–water partition coefficient (Wildman–Crippen LogP) is 2.20. The van der Waals surface area contributed by atoms with Crippen LogP contribution < -0.4 is 10.1 Å². The number of benzene rings is 1. The number of hydrogen-bond donors (Lipinski definition) is 2. The standard InChI is InChI=1S/C16H17FN2O5/c1-9(2)13-7-12(19-24-13)15(20)18-8-14(16(21)22)23-11-5-3-10(17)4-6-11/h3-7,9,14H,8H2,1-2H3,(H,18,20)(H,21,22). The molecule has 1 aromatic heterocycles. The molecule has 1 heterocycles. The lowest BCUT2D eigenvalue weighted by atomic mass is 10.1. The van der Waals surface area contributed by atoms with Crippen molar-refractivity contribution in [3.63, 3.8) is 0 Å². The van der Waals surface area contributed by atoms with Gasteiger partial charge in [0.15, 0.2) is 5.69 Å². The predicted molar refractivity (Wildman–Crippen MR) is 81.4 cm³/mol. The second-order valence-corrected chi connectivity index (χ2v) is 5.38. The highest BCUT2D eigenvalue weighted by Crippen LogP contribution is 2.15. The molecule has 1 aromatic carbocycles. The van der Waals surface area contributed by atoms with Crippen LogP contribution in [0, 0.1) is 5.82 Å². The maximum absolute atomic E-state index is 12.8. The zero-order valence-corrected chi connectivity index (χ0v) is 13.2. The van der Waals surface area contributed by atoms with Gasteiger partial charge in [-0.05, 0) is 24.3 Å². The van der Waals surface area contributed by atoms with Gasteiger partial charge in [-0.3, -0.25) is 4.79 Å². The third-order valence-corrected chi connectivity index (χ3v) is 3.15. The Labute approximate surface area is 137 Å². The molecule has 0 aliphatic heterocycles. The molecule has 1 amide bonds. The second kappa shape index (κ2) is 7.58. The van der Waals surface area contributed by atoms with Crippen molar-refractivity contribution in [2.45, 2.75) is 25.9 Å². The monoisotopic (exact) mass is 336 g/mol. The fourth-order valence-electron chi connectivity index (χ4n) is 1.80. The number of nitrogens with zero attached hydrogens (tertiary/aromatic N) is 1. The lowest BCUT2D eigenvalue weighted by molar-refractivity contribution is -0.144. The van der Waals surface area contributed by atoms with Crippen molar-refractivity contribution in [3.8, 4) is 5.75 Å². The van der Waals surface area contributed by atoms with Crippen molar-refractivity contribution in [2.75, 3.05) is 6.54 Å². The third-order valence-electron chi connectivity index (χ3n) is 3.15. The first kappa shape index (κ1) is 17.5. The normalized spacial score (nSPS) is 12.0. The molecule has 0 spiro atoms. The molecule has 1 atom stereocenters. The quantitative estimate of drug-likeness (QED) is 0.804. The SMILES string of the molecule is CC(C)c1cc(C(=O)NCC(Oc2ccc(F)cc2)C(=O)O)no1. The zero-order valence-electron chi connectivity index (χ0n) is 13.2. The first-order valence-corrected chi connectivity index (χ1v) is 7.26. The summed E-state index contributed by atoms with van der Waals surface area (Å²) in [5.41, 5.74) is 0.0598. The van der Waals surface area contributed by atoms with Crippen LogP contribution in [0.5, 0.6) is 5.75 Å². The first-order chi connectivity index (χ1) is 11.4. The molecule has 2 aromatic rings. The fraction of sp³-hybridized carbons (Fsp3) is 0.312. The lowest BCUT2D eigenvalue weighted by Gasteiger charge is -2.15. The van der Waals surface area contributed by atoms with Crippen molar-refractivity contribution >= 4 is 11.9 Å². The van der Waals surface area contributed by atoms with Crippen molar-refractivity contribution in [1.82, 2.24) is 10.5 Å². The molecule has 8 heteroatoms. The van der Waals surface area contributed by atoms with E-state index in [1.165, 1.54) is 18.2 Å². The Balaban J connectivity index is 1.96. The van der Waals surface area contributed by atoms with Gasteiger partial charge in [-0.2, -0.15) is 0 Å². The smallest absolute Gasteiger partial charge is 0.346 e. The Morgan fingerprint density at radius 3 is 2.54 bits per heavy atom. The number of carbonyl (C=O) groups is 2. The van der Waals surface area contributed by atoms with Crippen LogP contribution in [0.3, 0.4) is 0 Å². The minimum atomic E-state index is -1.32. The number of aromatic nitrogens is 1. The van der Waals surface area contributed by atoms with E-state index in [1.807, 2.05) is 13.8 Å². The molecule has 0 bridgehead atoms. The van der Waals surface area contributed by atoms with Gasteiger partial charge < -0.3 is 19.7 Å². The van der Waals surface area contributed by atoms with E-state index in [4.69, 9.17) is 14.4 Å². The number of nitrogens with one attached hydrogen (secondary N) is 1. The lowest BCUT2D eigenvalue weighted by Crippen LogP contribution is -2.40. The van der Waals surface area contributed by atoms with Gasteiger partial charge in [-0.25, -0.2) is 9.18 Å². The summed E-state index contributed by atoms with van der Waals surface area (Å²) in [4.78, 5) is 23.2. The van der Waals surface area contributed by atoms with Gasteiger partial charge >= 0.3 is 5.97 Å². The van der Waals surface area contributed by atoms with Crippen LogP contribution in [0.15, 0.2) is 34.9 Å². The van der Waals surface area contributed by atoms with Crippen molar-refractivity contribution < 1.29 is 28.3 Å². The molecule has 24 heavy (non-hydrogen) atoms. The first-order valence-electron chi connectivity index (χ1n) is 7.26. The van der Waals surface area contributed by atoms with Gasteiger partial charge in [0, 0.05) is 12.0 Å². The van der Waals surface area contributed by atoms with E-state index in [0.29, 0.717) is 5.76 Å². The Morgan fingerprint density at radius 2 is 2.00 bits per heavy atom. The number of ether oxygens (including phenoxy) is 1. The summed E-state index contributed by atoms with van der Waals surface area (Å²) in [6, 6.07) is 6.40. The molecule has 0 saturated carbocycles. The van der Waals surface area contributed by atoms with E-state index in [1.54, 1.807) is 0 Å². The maximum Gasteiger partial charge on any atom is 0.346 e. The Kier molecular flexibility index (Phi) is 5.51. The number of carbonyl (C=O) groups excluding carboxylic acids is 1. The summed E-state index contributed by atoms with van der Waals surface area (Å²) in [7, 11) is 0. The topological polar surface area (TPSA) is 102 Å². The third kappa shape index (κ3) is 4.55. The van der Waals surface area contributed by atoms with Gasteiger partial charge in [-0.15, -0.1) is 0 Å². The highest BCUT2D eigenvalue weighted by atomic mass is 19.1. The molecule has 1 unspecified atom stereocenters. The summed E-state index contributed by atoms with van der Waals surface area (Å²) in [5.74, 6) is -1.48. The molecule has 0 saturated heterocycles. The largest absolute Gasteiger partial charge is 0.478 e. The Morgan fingerprint density at radius 1 is 1.33 bits per heavy atom. The van der Waals surface area contributed by atoms with Crippen LogP contribution in [0.25, 0.3) is 0 Å². The zero-order chi connectivity index (χ0) is 17.7. The highest BCUT2D eigenvalue weighted by molar-refractivity contribution is 5.92. The molecule has 0 radical (unpaired) electrons. The van der Waals surface area contributed by atoms with E-state index < -0.39 is 23.8 Å². The number of amides is 1. The van der Waals surface area contributed by atoms with Crippen LogP contribution in [0.1, 0.15) is 36.0 Å². The van der Waals surface area contributed by atoms with E-state index in [0.717, 1.165) is 12.1 Å². The summed E-state index contributed by atoms with van der Waals surface area (Å²) < 4.78 is 23.1. The molecule has 2 N–H and O–H groups in total. The van der Waals surface area contributed by atoms with E-state index in [-0.39, 0.29) is 23.9 Å². The number of carboxylic acid groups (broad SMARTS) is 1. The van der Waals surface area contributed by atoms with E-state index in [9.17, 15) is 14.0 Å². The molecule has 0 fully saturated rings. The van der Waals surface area contributed by atoms with Crippen LogP contribution in [0.4, 0.5) is 4.39 Å². The summed E-state index contributed by atoms with van der Waals surface area (Å²) in [5, 5.41) is 15.2. The van der Waals surface area contributed by atoms with Gasteiger partial charge in [0.05, 0.1) is 6.54 Å². The summed E-state index contributed by atoms with van der Waals surface area (Å²) in [6.07, 6.45) is -1.32. The number of halogens is 1. The molecular weight excluding hydrogens is 319 g/mol. The van der Waals surface area contributed by atoms with Gasteiger partial charge in [-0.1, -0.05) is 19.0 Å². The van der Waals surface area contributed by atoms with Crippen molar-refractivity contribution in [3.05, 3.63) is 47.6 Å². The molecular formula is C16H17FN2O5. The van der Waals surface area contributed by atoms with Gasteiger partial charge in [0.25, 0.3) is 5.91 Å². The van der Waals surface area contributed by atoms with Crippen LogP contribution in [-0.4, -0.2) is 34.8 Å². The van der Waals surface area contributed by atoms with Crippen LogP contribution in [0.2, 0.25) is 0 Å². The number of hydrogen-bond acceptors (Lipinski definition) is 5. The molecule has 2 rings (SSSR count). The summed E-state index contributed by atoms with van der Waals surface area (Å²) >= 11 is 0. The van der Waals surface area contributed by atoms with E-state index in [2.05, 4.69) is 10.5 Å². The number of aliphatic carboxylic acids is 1. The average molecular weight is 336 g/mol. The van der Waals surface area contributed by atoms with E-state index >= 15 is 0 Å². The van der Waals surface area contributed by atoms with Gasteiger partial charge in [0.2, 0.25) is 6.10 Å². The number of rotatable bonds is 7. The van der Waals surface area contributed by atoms with Crippen molar-refractivity contribution in [1.29, 1.82) is 0 Å². The Bertz CT molecular complexity index is 712. The summed E-state index contributed by atoms with van der Waals surface area (Å²) in [6.45, 7) is 3.49. The molecule has 0 aliphatic rings. The average Bonchev–Trinajstić information content (AvgIpc) is 3.03. The number of carboxylic acids is 1. The minimum Gasteiger partial charge on any atom is -0.478 e. The van der Waals surface area contributed by atoms with Crippen LogP contribution >= 0.6 is 0 Å². The minimum absolute atomic E-state index is 0.0598. The van der Waals surface area contributed by atoms with Crippen molar-refractivity contribution in [2.24, 2.45) is 0 Å². The molecule has 7 nitrogen and oxygen atoms in total. The Hall–Kier alpha value is -2.90. The molecule has 0 aliphatic carbocycles. The van der Waals surface area contributed by atoms with Crippen LogP contribution in [-0.2, 0) is 4.79 Å². The second-order valence-electron chi connectivity index (χ2n) is 5.38. The maximum atomic E-state index is 12.8. The molecule has 128 valence electrons. The fourth-order valence-corrected chi connectivity index (χ4v) is 1.80.